The second-order valence-electron chi connectivity index (χ2n) is 4.60. The van der Waals surface area contributed by atoms with Crippen LogP contribution in [-0.4, -0.2) is 31.1 Å². The zero-order chi connectivity index (χ0) is 13.7. The average Bonchev–Trinajstić information content (AvgIpc) is 2.90. The first-order valence-electron chi connectivity index (χ1n) is 6.42. The van der Waals surface area contributed by atoms with E-state index in [1.807, 2.05) is 0 Å². The highest BCUT2D eigenvalue weighted by Gasteiger charge is 2.15. The number of urea groups is 1. The number of ether oxygens (including phenoxy) is 1. The minimum absolute atomic E-state index is 0.00869. The Hall–Kier alpha value is -1.88. The van der Waals surface area contributed by atoms with Crippen molar-refractivity contribution in [2.45, 2.75) is 25.9 Å². The molecule has 1 aliphatic heterocycles. The summed E-state index contributed by atoms with van der Waals surface area (Å²) in [5, 5.41) is 5.48. The fourth-order valence-electron chi connectivity index (χ4n) is 1.98. The Morgan fingerprint density at radius 1 is 1.32 bits per heavy atom. The van der Waals surface area contributed by atoms with Crippen molar-refractivity contribution in [1.29, 1.82) is 0 Å². The highest BCUT2D eigenvalue weighted by atomic mass is 16.5. The second-order valence-corrected chi connectivity index (χ2v) is 4.60. The predicted octanol–water partition coefficient (Wildman–Crippen LogP) is 2.19. The fourth-order valence-corrected chi connectivity index (χ4v) is 1.98. The van der Waals surface area contributed by atoms with Gasteiger partial charge in [-0.25, -0.2) is 4.79 Å². The van der Waals surface area contributed by atoms with Crippen LogP contribution in [0.4, 0.5) is 10.5 Å². The summed E-state index contributed by atoms with van der Waals surface area (Å²) in [5.74, 6) is 0.00869. The van der Waals surface area contributed by atoms with Crippen LogP contribution in [0.5, 0.6) is 0 Å². The number of ketones is 1. The number of nitrogens with one attached hydrogen (secondary N) is 2. The highest BCUT2D eigenvalue weighted by molar-refractivity contribution is 5.95. The number of carbonyl (C=O) groups excluding carboxylic acids is 2. The molecule has 1 aromatic rings. The van der Waals surface area contributed by atoms with Gasteiger partial charge in [0.15, 0.2) is 5.78 Å². The molecule has 0 radical (unpaired) electrons. The Morgan fingerprint density at radius 3 is 2.63 bits per heavy atom. The van der Waals surface area contributed by atoms with Gasteiger partial charge in [0.2, 0.25) is 0 Å². The lowest BCUT2D eigenvalue weighted by molar-refractivity contribution is 0.101. The molecule has 1 fully saturated rings. The Kier molecular flexibility index (Phi) is 4.52. The number of carbonyl (C=O) groups is 2. The number of anilines is 1. The molecule has 1 heterocycles. The van der Waals surface area contributed by atoms with Crippen LogP contribution in [-0.2, 0) is 4.74 Å². The number of hydrogen-bond donors (Lipinski definition) is 2. The van der Waals surface area contributed by atoms with Crippen molar-refractivity contribution in [3.8, 4) is 0 Å². The monoisotopic (exact) mass is 262 g/mol. The second kappa shape index (κ2) is 6.33. The molecule has 0 saturated carbocycles. The molecule has 1 aromatic carbocycles. The highest BCUT2D eigenvalue weighted by Crippen LogP contribution is 2.11. The van der Waals surface area contributed by atoms with Crippen molar-refractivity contribution >= 4 is 17.5 Å². The van der Waals surface area contributed by atoms with Crippen molar-refractivity contribution in [2.24, 2.45) is 0 Å². The van der Waals surface area contributed by atoms with E-state index in [2.05, 4.69) is 10.6 Å². The maximum atomic E-state index is 11.6. The van der Waals surface area contributed by atoms with Gasteiger partial charge in [0.1, 0.15) is 0 Å². The molecule has 0 aromatic heterocycles. The number of amides is 2. The van der Waals surface area contributed by atoms with E-state index in [9.17, 15) is 9.59 Å². The van der Waals surface area contributed by atoms with Crippen molar-refractivity contribution in [3.63, 3.8) is 0 Å². The van der Waals surface area contributed by atoms with Gasteiger partial charge in [-0.3, -0.25) is 4.79 Å². The Balaban J connectivity index is 1.79. The van der Waals surface area contributed by atoms with E-state index in [1.165, 1.54) is 6.92 Å². The van der Waals surface area contributed by atoms with Gasteiger partial charge in [-0.15, -0.1) is 0 Å². The molecule has 1 saturated heterocycles. The minimum Gasteiger partial charge on any atom is -0.376 e. The van der Waals surface area contributed by atoms with Gasteiger partial charge in [0.25, 0.3) is 0 Å². The maximum Gasteiger partial charge on any atom is 0.319 e. The average molecular weight is 262 g/mol. The van der Waals surface area contributed by atoms with E-state index in [0.717, 1.165) is 19.4 Å². The van der Waals surface area contributed by atoms with Gasteiger partial charge in [-0.05, 0) is 44.0 Å². The van der Waals surface area contributed by atoms with Crippen molar-refractivity contribution < 1.29 is 14.3 Å². The first kappa shape index (κ1) is 13.5. The van der Waals surface area contributed by atoms with Gasteiger partial charge >= 0.3 is 6.03 Å². The third-order valence-electron chi connectivity index (χ3n) is 3.06. The molecule has 0 spiro atoms. The van der Waals surface area contributed by atoms with Crippen molar-refractivity contribution in [2.75, 3.05) is 18.5 Å². The third-order valence-corrected chi connectivity index (χ3v) is 3.06. The molecule has 0 bridgehead atoms. The van der Waals surface area contributed by atoms with Crippen LogP contribution in [0.1, 0.15) is 30.1 Å². The molecule has 5 heteroatoms. The van der Waals surface area contributed by atoms with Crippen LogP contribution in [0.25, 0.3) is 0 Å². The number of Topliss-reactive ketones (excluding diaryl/α,β-unsaturated/α-hetero) is 1. The molecule has 2 N–H and O–H groups in total. The summed E-state index contributed by atoms with van der Waals surface area (Å²) >= 11 is 0. The lowest BCUT2D eigenvalue weighted by Crippen LogP contribution is -2.35. The first-order valence-corrected chi connectivity index (χ1v) is 6.42. The van der Waals surface area contributed by atoms with Crippen LogP contribution in [0.2, 0.25) is 0 Å². The molecule has 2 amide bonds. The Labute approximate surface area is 112 Å². The van der Waals surface area contributed by atoms with Gasteiger partial charge in [-0.1, -0.05) is 0 Å². The molecule has 1 aliphatic rings. The van der Waals surface area contributed by atoms with Crippen molar-refractivity contribution in [1.82, 2.24) is 5.32 Å². The fraction of sp³-hybridized carbons (Fsp3) is 0.429. The first-order chi connectivity index (χ1) is 9.15. The molecule has 0 aliphatic carbocycles. The topological polar surface area (TPSA) is 67.4 Å². The van der Waals surface area contributed by atoms with E-state index in [-0.39, 0.29) is 17.9 Å². The number of benzene rings is 1. The summed E-state index contributed by atoms with van der Waals surface area (Å²) in [6.45, 7) is 2.81. The maximum absolute atomic E-state index is 11.6. The van der Waals surface area contributed by atoms with Crippen LogP contribution in [0, 0.1) is 0 Å². The molecule has 19 heavy (non-hydrogen) atoms. The zero-order valence-electron chi connectivity index (χ0n) is 10.9. The summed E-state index contributed by atoms with van der Waals surface area (Å²) < 4.78 is 5.42. The molecule has 2 rings (SSSR count). The van der Waals surface area contributed by atoms with Gasteiger partial charge in [-0.2, -0.15) is 0 Å². The van der Waals surface area contributed by atoms with Crippen LogP contribution in [0.15, 0.2) is 24.3 Å². The van der Waals surface area contributed by atoms with E-state index in [4.69, 9.17) is 4.74 Å². The molecular formula is C14H18N2O3. The van der Waals surface area contributed by atoms with Crippen LogP contribution in [0.3, 0.4) is 0 Å². The largest absolute Gasteiger partial charge is 0.376 e. The van der Waals surface area contributed by atoms with E-state index >= 15 is 0 Å². The Morgan fingerprint density at radius 2 is 2.05 bits per heavy atom. The van der Waals surface area contributed by atoms with Crippen LogP contribution < -0.4 is 10.6 Å². The lowest BCUT2D eigenvalue weighted by atomic mass is 10.1. The van der Waals surface area contributed by atoms with Crippen molar-refractivity contribution in [3.05, 3.63) is 29.8 Å². The number of rotatable bonds is 4. The molecule has 1 unspecified atom stereocenters. The van der Waals surface area contributed by atoms with Gasteiger partial charge in [0.05, 0.1) is 6.10 Å². The normalized spacial score (nSPS) is 18.1. The SMILES string of the molecule is CC(=O)c1ccc(NC(=O)NCC2CCCO2)cc1. The van der Waals surface area contributed by atoms with Gasteiger partial charge < -0.3 is 15.4 Å². The Bertz CT molecular complexity index is 450. The molecule has 102 valence electrons. The van der Waals surface area contributed by atoms with E-state index < -0.39 is 0 Å². The quantitative estimate of drug-likeness (QED) is 0.817. The van der Waals surface area contributed by atoms with E-state index in [0.29, 0.717) is 17.8 Å². The third kappa shape index (κ3) is 4.06. The lowest BCUT2D eigenvalue weighted by Gasteiger charge is -2.11. The zero-order valence-corrected chi connectivity index (χ0v) is 10.9. The molecule has 1 atom stereocenters. The summed E-state index contributed by atoms with van der Waals surface area (Å²) in [6.07, 6.45) is 2.18. The van der Waals surface area contributed by atoms with E-state index in [1.54, 1.807) is 24.3 Å². The number of hydrogen-bond acceptors (Lipinski definition) is 3. The molecular weight excluding hydrogens is 244 g/mol. The smallest absolute Gasteiger partial charge is 0.319 e. The predicted molar refractivity (Wildman–Crippen MR) is 72.4 cm³/mol. The molecule has 5 nitrogen and oxygen atoms in total. The van der Waals surface area contributed by atoms with Crippen LogP contribution >= 0.6 is 0 Å². The summed E-state index contributed by atoms with van der Waals surface area (Å²) in [4.78, 5) is 22.8. The minimum atomic E-state index is -0.258. The summed E-state index contributed by atoms with van der Waals surface area (Å²) in [6, 6.07) is 6.55. The summed E-state index contributed by atoms with van der Waals surface area (Å²) in [5.41, 5.74) is 1.29. The standard InChI is InChI=1S/C14H18N2O3/c1-10(17)11-4-6-12(7-5-11)16-14(18)15-9-13-3-2-8-19-13/h4-7,13H,2-3,8-9H2,1H3,(H2,15,16,18). The summed E-state index contributed by atoms with van der Waals surface area (Å²) in [7, 11) is 0. The van der Waals surface area contributed by atoms with Gasteiger partial charge in [0, 0.05) is 24.4 Å².